The molecule has 1 aromatic rings. The number of benzene rings is 1. The fourth-order valence-corrected chi connectivity index (χ4v) is 3.40. The van der Waals surface area contributed by atoms with Gasteiger partial charge in [0.25, 0.3) is 0 Å². The monoisotopic (exact) mass is 317 g/mol. The van der Waals surface area contributed by atoms with E-state index in [4.69, 9.17) is 0 Å². The number of hydrogen-bond donors (Lipinski definition) is 3. The molecule has 3 rings (SSSR count). The number of urea groups is 1. The number of nitrogens with one attached hydrogen (secondary N) is 2. The summed E-state index contributed by atoms with van der Waals surface area (Å²) in [6.45, 7) is 3.25. The number of hydrogen-bond acceptors (Lipinski definition) is 3. The second-order valence-corrected chi connectivity index (χ2v) is 6.96. The summed E-state index contributed by atoms with van der Waals surface area (Å²) in [5.41, 5.74) is 0.647. The molecule has 2 fully saturated rings. The number of carbonyl (C=O) groups excluding carboxylic acids is 1. The molecule has 126 valence electrons. The molecule has 0 bridgehead atoms. The summed E-state index contributed by atoms with van der Waals surface area (Å²) in [5.74, 6) is 0. The van der Waals surface area contributed by atoms with Crippen LogP contribution < -0.4 is 10.6 Å². The van der Waals surface area contributed by atoms with Gasteiger partial charge in [-0.25, -0.2) is 4.79 Å². The highest BCUT2D eigenvalue weighted by molar-refractivity contribution is 5.74. The molecule has 1 aliphatic heterocycles. The number of rotatable bonds is 5. The van der Waals surface area contributed by atoms with Gasteiger partial charge >= 0.3 is 6.03 Å². The van der Waals surface area contributed by atoms with Gasteiger partial charge in [0.15, 0.2) is 0 Å². The Labute approximate surface area is 138 Å². The Morgan fingerprint density at radius 1 is 1.26 bits per heavy atom. The van der Waals surface area contributed by atoms with E-state index < -0.39 is 5.60 Å². The average molecular weight is 317 g/mol. The predicted molar refractivity (Wildman–Crippen MR) is 90.1 cm³/mol. The molecule has 1 aromatic carbocycles. The third-order valence-corrected chi connectivity index (χ3v) is 4.95. The van der Waals surface area contributed by atoms with Crippen molar-refractivity contribution in [3.05, 3.63) is 35.9 Å². The van der Waals surface area contributed by atoms with Crippen molar-refractivity contribution < 1.29 is 9.90 Å². The van der Waals surface area contributed by atoms with Crippen molar-refractivity contribution in [1.29, 1.82) is 0 Å². The first-order valence-corrected chi connectivity index (χ1v) is 8.66. The van der Waals surface area contributed by atoms with Gasteiger partial charge in [-0.3, -0.25) is 4.90 Å². The molecule has 1 saturated carbocycles. The number of carbonyl (C=O) groups is 1. The second-order valence-electron chi connectivity index (χ2n) is 6.96. The minimum atomic E-state index is -0.663. The van der Waals surface area contributed by atoms with Gasteiger partial charge in [0.2, 0.25) is 0 Å². The minimum Gasteiger partial charge on any atom is -0.388 e. The molecule has 0 aromatic heterocycles. The summed E-state index contributed by atoms with van der Waals surface area (Å²) >= 11 is 0. The number of nitrogens with zero attached hydrogens (tertiary/aromatic N) is 1. The lowest BCUT2D eigenvalue weighted by Crippen LogP contribution is -2.54. The number of likely N-dealkylation sites (tertiary alicyclic amines) is 1. The van der Waals surface area contributed by atoms with E-state index in [1.165, 1.54) is 5.56 Å². The van der Waals surface area contributed by atoms with Gasteiger partial charge in [0.1, 0.15) is 0 Å². The second kappa shape index (κ2) is 7.32. The van der Waals surface area contributed by atoms with Crippen LogP contribution in [-0.2, 0) is 6.54 Å². The summed E-state index contributed by atoms with van der Waals surface area (Å²) < 4.78 is 0. The molecule has 0 radical (unpaired) electrons. The number of piperidine rings is 1. The minimum absolute atomic E-state index is 0.156. The molecular formula is C18H27N3O2. The van der Waals surface area contributed by atoms with Crippen LogP contribution in [0.1, 0.15) is 37.7 Å². The van der Waals surface area contributed by atoms with Crippen LogP contribution in [-0.4, -0.2) is 47.3 Å². The summed E-state index contributed by atoms with van der Waals surface area (Å²) in [5, 5.41) is 15.9. The van der Waals surface area contributed by atoms with E-state index in [1.54, 1.807) is 0 Å². The largest absolute Gasteiger partial charge is 0.388 e. The molecule has 3 N–H and O–H groups in total. The van der Waals surface area contributed by atoms with Crippen molar-refractivity contribution in [3.63, 3.8) is 0 Å². The molecule has 5 heteroatoms. The third kappa shape index (κ3) is 4.69. The lowest BCUT2D eigenvalue weighted by atomic mass is 9.80. The Hall–Kier alpha value is -1.59. The van der Waals surface area contributed by atoms with Crippen molar-refractivity contribution in [2.75, 3.05) is 19.6 Å². The first-order chi connectivity index (χ1) is 11.1. The Kier molecular flexibility index (Phi) is 5.18. The van der Waals surface area contributed by atoms with E-state index in [0.29, 0.717) is 6.54 Å². The normalized spacial score (nSPS) is 23.8. The van der Waals surface area contributed by atoms with Gasteiger partial charge in [-0.15, -0.1) is 0 Å². The van der Waals surface area contributed by atoms with Gasteiger partial charge in [0.05, 0.1) is 5.60 Å². The smallest absolute Gasteiger partial charge is 0.315 e. The molecule has 23 heavy (non-hydrogen) atoms. The first kappa shape index (κ1) is 16.3. The molecule has 1 aliphatic carbocycles. The van der Waals surface area contributed by atoms with Crippen molar-refractivity contribution >= 4 is 6.03 Å². The highest BCUT2D eigenvalue weighted by Gasteiger charge is 2.34. The molecule has 1 unspecified atom stereocenters. The van der Waals surface area contributed by atoms with Crippen LogP contribution in [0.5, 0.6) is 0 Å². The molecule has 0 spiro atoms. The maximum atomic E-state index is 12.0. The molecule has 1 heterocycles. The lowest BCUT2D eigenvalue weighted by molar-refractivity contribution is -0.0291. The highest BCUT2D eigenvalue weighted by Crippen LogP contribution is 2.30. The summed E-state index contributed by atoms with van der Waals surface area (Å²) in [4.78, 5) is 14.4. The fourth-order valence-electron chi connectivity index (χ4n) is 3.40. The van der Waals surface area contributed by atoms with Gasteiger partial charge in [-0.05, 0) is 44.2 Å². The predicted octanol–water partition coefficient (Wildman–Crippen LogP) is 1.87. The zero-order valence-corrected chi connectivity index (χ0v) is 13.6. The van der Waals surface area contributed by atoms with Gasteiger partial charge in [-0.1, -0.05) is 30.3 Å². The van der Waals surface area contributed by atoms with Crippen molar-refractivity contribution in [1.82, 2.24) is 15.5 Å². The zero-order valence-electron chi connectivity index (χ0n) is 13.6. The van der Waals surface area contributed by atoms with E-state index >= 15 is 0 Å². The number of aliphatic hydroxyl groups is 1. The van der Waals surface area contributed by atoms with Crippen LogP contribution >= 0.6 is 0 Å². The van der Waals surface area contributed by atoms with Crippen LogP contribution in [0, 0.1) is 0 Å². The van der Waals surface area contributed by atoms with Gasteiger partial charge < -0.3 is 15.7 Å². The SMILES string of the molecule is O=C(NCC1(O)CCC1)NC1CCCN(Cc2ccccc2)C1. The van der Waals surface area contributed by atoms with Crippen LogP contribution in [0.15, 0.2) is 30.3 Å². The zero-order chi connectivity index (χ0) is 16.1. The summed E-state index contributed by atoms with van der Waals surface area (Å²) in [6.07, 6.45) is 4.75. The molecule has 2 amide bonds. The van der Waals surface area contributed by atoms with Crippen LogP contribution in [0.3, 0.4) is 0 Å². The highest BCUT2D eigenvalue weighted by atomic mass is 16.3. The topological polar surface area (TPSA) is 64.6 Å². The molecule has 1 atom stereocenters. The van der Waals surface area contributed by atoms with Crippen molar-refractivity contribution in [3.8, 4) is 0 Å². The molecule has 1 saturated heterocycles. The van der Waals surface area contributed by atoms with E-state index in [0.717, 1.165) is 51.7 Å². The standard InChI is InChI=1S/C18H27N3O2/c22-17(19-14-18(23)9-5-10-18)20-16-8-4-11-21(13-16)12-15-6-2-1-3-7-15/h1-3,6-7,16,23H,4-5,8-14H2,(H2,19,20,22). The van der Waals surface area contributed by atoms with Crippen LogP contribution in [0.25, 0.3) is 0 Å². The quantitative estimate of drug-likeness (QED) is 0.777. The fraction of sp³-hybridized carbons (Fsp3) is 0.611. The van der Waals surface area contributed by atoms with Crippen molar-refractivity contribution in [2.45, 2.75) is 50.3 Å². The molecular weight excluding hydrogens is 290 g/mol. The Balaban J connectivity index is 1.42. The first-order valence-electron chi connectivity index (χ1n) is 8.66. The van der Waals surface area contributed by atoms with E-state index in [-0.39, 0.29) is 12.1 Å². The van der Waals surface area contributed by atoms with Gasteiger partial charge in [-0.2, -0.15) is 0 Å². The van der Waals surface area contributed by atoms with E-state index in [9.17, 15) is 9.90 Å². The third-order valence-electron chi connectivity index (χ3n) is 4.95. The Bertz CT molecular complexity index is 516. The maximum Gasteiger partial charge on any atom is 0.315 e. The Morgan fingerprint density at radius 3 is 2.74 bits per heavy atom. The lowest BCUT2D eigenvalue weighted by Gasteiger charge is -2.37. The summed E-state index contributed by atoms with van der Waals surface area (Å²) in [7, 11) is 0. The molecule has 5 nitrogen and oxygen atoms in total. The van der Waals surface area contributed by atoms with Crippen LogP contribution in [0.2, 0.25) is 0 Å². The van der Waals surface area contributed by atoms with E-state index in [1.807, 2.05) is 6.07 Å². The van der Waals surface area contributed by atoms with Crippen molar-refractivity contribution in [2.24, 2.45) is 0 Å². The summed E-state index contributed by atoms with van der Waals surface area (Å²) in [6, 6.07) is 10.5. The number of amides is 2. The Morgan fingerprint density at radius 2 is 2.04 bits per heavy atom. The van der Waals surface area contributed by atoms with E-state index in [2.05, 4.69) is 39.8 Å². The average Bonchev–Trinajstić information content (AvgIpc) is 2.52. The van der Waals surface area contributed by atoms with Gasteiger partial charge in [0, 0.05) is 25.7 Å². The van der Waals surface area contributed by atoms with Crippen LogP contribution in [0.4, 0.5) is 4.79 Å². The molecule has 2 aliphatic rings. The maximum absolute atomic E-state index is 12.0.